The molecule has 0 amide bonds. The van der Waals surface area contributed by atoms with Crippen molar-refractivity contribution in [1.29, 1.82) is 0 Å². The maximum absolute atomic E-state index is 10.5. The number of fused-ring (bicyclic) bond motifs is 5. The molecule has 2 N–H and O–H groups in total. The smallest absolute Gasteiger partial charge is 0.163 e. The van der Waals surface area contributed by atoms with Crippen molar-refractivity contribution in [3.8, 4) is 0 Å². The van der Waals surface area contributed by atoms with Gasteiger partial charge >= 0.3 is 0 Å². The highest BCUT2D eigenvalue weighted by atomic mass is 16.8. The summed E-state index contributed by atoms with van der Waals surface area (Å²) in [5.41, 5.74) is -0.635. The van der Waals surface area contributed by atoms with Crippen molar-refractivity contribution < 1.29 is 14.6 Å². The molecule has 3 aliphatic rings. The lowest BCUT2D eigenvalue weighted by molar-refractivity contribution is -0.166. The Morgan fingerprint density at radius 3 is 2.29 bits per heavy atom. The Kier molecular flexibility index (Phi) is 2.43. The molecular formula is C13H21NO3. The average molecular weight is 239 g/mol. The monoisotopic (exact) mass is 239 g/mol. The van der Waals surface area contributed by atoms with Crippen LogP contribution < -0.4 is 5.32 Å². The van der Waals surface area contributed by atoms with Gasteiger partial charge in [0.05, 0.1) is 5.60 Å². The molecule has 0 aromatic carbocycles. The number of hydrogen-bond acceptors (Lipinski definition) is 4. The second kappa shape index (κ2) is 3.54. The molecule has 17 heavy (non-hydrogen) atoms. The summed E-state index contributed by atoms with van der Waals surface area (Å²) in [4.78, 5) is 0. The molecule has 3 saturated heterocycles. The van der Waals surface area contributed by atoms with Crippen LogP contribution in [0, 0.1) is 0 Å². The van der Waals surface area contributed by atoms with Crippen LogP contribution in [0.25, 0.3) is 0 Å². The second-order valence-corrected chi connectivity index (χ2v) is 6.07. The Labute approximate surface area is 102 Å². The third-order valence-electron chi connectivity index (χ3n) is 4.11. The molecule has 3 unspecified atom stereocenters. The van der Waals surface area contributed by atoms with Gasteiger partial charge in [-0.25, -0.2) is 0 Å². The highest BCUT2D eigenvalue weighted by Crippen LogP contribution is 2.44. The summed E-state index contributed by atoms with van der Waals surface area (Å²) < 4.78 is 11.9. The molecule has 0 saturated carbocycles. The zero-order valence-corrected chi connectivity index (χ0v) is 10.5. The molecular weight excluding hydrogens is 218 g/mol. The molecule has 4 heteroatoms. The van der Waals surface area contributed by atoms with E-state index >= 15 is 0 Å². The van der Waals surface area contributed by atoms with Crippen molar-refractivity contribution in [1.82, 2.24) is 5.32 Å². The molecule has 0 radical (unpaired) electrons. The number of hydrogen-bond donors (Lipinski definition) is 2. The van der Waals surface area contributed by atoms with Gasteiger partial charge < -0.3 is 19.9 Å². The minimum Gasteiger partial charge on any atom is -0.389 e. The first-order valence-electron chi connectivity index (χ1n) is 6.37. The molecule has 3 rings (SSSR count). The van der Waals surface area contributed by atoms with E-state index in [1.807, 2.05) is 13.8 Å². The standard InChI is InChI=1S/C13H21NO3/c1-4-5-13(15)6-8-10-11(9(7-13)14-8)17-12(2,3)16-10/h4,8-11,14-15H,1,5-7H2,2-3H3/t8?,9?,10-,11+,13?. The van der Waals surface area contributed by atoms with Crippen LogP contribution in [0.4, 0.5) is 0 Å². The number of ether oxygens (including phenoxy) is 2. The summed E-state index contributed by atoms with van der Waals surface area (Å²) in [7, 11) is 0. The van der Waals surface area contributed by atoms with Gasteiger partial charge in [0.2, 0.25) is 0 Å². The molecule has 3 aliphatic heterocycles. The second-order valence-electron chi connectivity index (χ2n) is 6.07. The van der Waals surface area contributed by atoms with E-state index in [2.05, 4.69) is 11.9 Å². The van der Waals surface area contributed by atoms with Gasteiger partial charge in [-0.3, -0.25) is 0 Å². The van der Waals surface area contributed by atoms with Crippen molar-refractivity contribution in [2.75, 3.05) is 0 Å². The lowest BCUT2D eigenvalue weighted by atomic mass is 9.84. The summed E-state index contributed by atoms with van der Waals surface area (Å²) in [6, 6.07) is 0.399. The predicted octanol–water partition coefficient (Wildman–Crippen LogP) is 0.948. The van der Waals surface area contributed by atoms with Crippen LogP contribution in [-0.2, 0) is 9.47 Å². The fourth-order valence-electron chi connectivity index (χ4n) is 3.59. The first kappa shape index (κ1) is 11.7. The molecule has 96 valence electrons. The Balaban J connectivity index is 1.80. The maximum Gasteiger partial charge on any atom is 0.163 e. The van der Waals surface area contributed by atoms with Gasteiger partial charge in [-0.1, -0.05) is 6.08 Å². The normalized spacial score (nSPS) is 51.2. The summed E-state index contributed by atoms with van der Waals surface area (Å²) in [6.07, 6.45) is 4.03. The minimum absolute atomic E-state index is 0.0776. The minimum atomic E-state index is -0.635. The van der Waals surface area contributed by atoms with Crippen molar-refractivity contribution >= 4 is 0 Å². The Bertz CT molecular complexity index is 320. The topological polar surface area (TPSA) is 50.7 Å². The van der Waals surface area contributed by atoms with Gasteiger partial charge in [-0.2, -0.15) is 0 Å². The molecule has 3 fully saturated rings. The van der Waals surface area contributed by atoms with Crippen LogP contribution in [-0.4, -0.2) is 40.8 Å². The number of piperidine rings is 1. The molecule has 4 nitrogen and oxygen atoms in total. The molecule has 0 aromatic heterocycles. The summed E-state index contributed by atoms with van der Waals surface area (Å²) >= 11 is 0. The molecule has 3 heterocycles. The quantitative estimate of drug-likeness (QED) is 0.704. The van der Waals surface area contributed by atoms with Crippen LogP contribution in [0.15, 0.2) is 12.7 Å². The molecule has 0 spiro atoms. The van der Waals surface area contributed by atoms with E-state index < -0.39 is 11.4 Å². The SMILES string of the molecule is C=CCC1(O)CC2NC(C1)[C@@H]1OC(C)(C)O[C@H]21. The lowest BCUT2D eigenvalue weighted by Gasteiger charge is -2.38. The number of rotatable bonds is 2. The molecule has 5 atom stereocenters. The highest BCUT2D eigenvalue weighted by Gasteiger charge is 2.59. The van der Waals surface area contributed by atoms with E-state index in [1.54, 1.807) is 6.08 Å². The van der Waals surface area contributed by atoms with Gasteiger partial charge in [-0.15, -0.1) is 6.58 Å². The van der Waals surface area contributed by atoms with Crippen molar-refractivity contribution in [2.24, 2.45) is 0 Å². The Morgan fingerprint density at radius 2 is 1.82 bits per heavy atom. The van der Waals surface area contributed by atoms with E-state index in [-0.39, 0.29) is 24.3 Å². The number of aliphatic hydroxyl groups is 1. The van der Waals surface area contributed by atoms with Crippen molar-refractivity contribution in [3.63, 3.8) is 0 Å². The van der Waals surface area contributed by atoms with E-state index in [0.29, 0.717) is 6.42 Å². The van der Waals surface area contributed by atoms with Crippen LogP contribution in [0.5, 0.6) is 0 Å². The third kappa shape index (κ3) is 1.83. The highest BCUT2D eigenvalue weighted by molar-refractivity contribution is 5.13. The fourth-order valence-corrected chi connectivity index (χ4v) is 3.59. The lowest BCUT2D eigenvalue weighted by Crippen LogP contribution is -2.52. The summed E-state index contributed by atoms with van der Waals surface area (Å²) in [5.74, 6) is -0.484. The molecule has 0 aromatic rings. The van der Waals surface area contributed by atoms with Gasteiger partial charge in [0.15, 0.2) is 5.79 Å². The van der Waals surface area contributed by atoms with Crippen LogP contribution >= 0.6 is 0 Å². The first-order valence-corrected chi connectivity index (χ1v) is 6.37. The van der Waals surface area contributed by atoms with Crippen LogP contribution in [0.3, 0.4) is 0 Å². The molecule has 0 aliphatic carbocycles. The van der Waals surface area contributed by atoms with Gasteiger partial charge in [-0.05, 0) is 33.1 Å². The van der Waals surface area contributed by atoms with E-state index in [9.17, 15) is 5.11 Å². The van der Waals surface area contributed by atoms with E-state index in [1.165, 1.54) is 0 Å². The largest absolute Gasteiger partial charge is 0.389 e. The maximum atomic E-state index is 10.5. The molecule has 2 bridgehead atoms. The zero-order valence-electron chi connectivity index (χ0n) is 10.5. The van der Waals surface area contributed by atoms with Crippen molar-refractivity contribution in [2.45, 2.75) is 68.8 Å². The van der Waals surface area contributed by atoms with Crippen molar-refractivity contribution in [3.05, 3.63) is 12.7 Å². The van der Waals surface area contributed by atoms with Gasteiger partial charge in [0.1, 0.15) is 12.2 Å². The first-order chi connectivity index (χ1) is 7.92. The Morgan fingerprint density at radius 1 is 1.29 bits per heavy atom. The van der Waals surface area contributed by atoms with Crippen LogP contribution in [0.1, 0.15) is 33.1 Å². The van der Waals surface area contributed by atoms with Gasteiger partial charge in [0, 0.05) is 12.1 Å². The predicted molar refractivity (Wildman–Crippen MR) is 63.5 cm³/mol. The zero-order chi connectivity index (χ0) is 12.3. The van der Waals surface area contributed by atoms with E-state index in [0.717, 1.165) is 12.8 Å². The summed E-state index contributed by atoms with van der Waals surface area (Å²) in [5, 5.41) is 14.0. The fraction of sp³-hybridized carbons (Fsp3) is 0.846. The Hall–Kier alpha value is -0.420. The average Bonchev–Trinajstić information content (AvgIpc) is 2.63. The third-order valence-corrected chi connectivity index (χ3v) is 4.11. The van der Waals surface area contributed by atoms with Gasteiger partial charge in [0.25, 0.3) is 0 Å². The van der Waals surface area contributed by atoms with Crippen LogP contribution in [0.2, 0.25) is 0 Å². The van der Waals surface area contributed by atoms with E-state index in [4.69, 9.17) is 9.47 Å². The summed E-state index contributed by atoms with van der Waals surface area (Å²) in [6.45, 7) is 7.63. The number of nitrogens with one attached hydrogen (secondary N) is 1.